The van der Waals surface area contributed by atoms with Gasteiger partial charge >= 0.3 is 0 Å². The maximum atomic E-state index is 9.34. The van der Waals surface area contributed by atoms with Crippen LogP contribution in [-0.2, 0) is 10.2 Å². The maximum absolute atomic E-state index is 9.34. The quantitative estimate of drug-likeness (QED) is 0.333. The van der Waals surface area contributed by atoms with Crippen LogP contribution in [0.3, 0.4) is 0 Å². The Bertz CT molecular complexity index is 41.3. The number of nitrogens with zero attached hydrogens (tertiary/aromatic N) is 1. The summed E-state index contributed by atoms with van der Waals surface area (Å²) in [5.74, 6) is 0. The normalized spacial score (nSPS) is 23.5. The summed E-state index contributed by atoms with van der Waals surface area (Å²) in [6.07, 6.45) is 1.10. The minimum Gasteiger partial charge on any atom is -0.154 e. The average Bonchev–Trinajstić information content (AvgIpc) is 1.31. The van der Waals surface area contributed by atoms with E-state index in [0.717, 1.165) is 19.5 Å². The molecule has 1 aliphatic heterocycles. The molecule has 0 aromatic heterocycles. The largest absolute Gasteiger partial charge is 0.154 e. The Morgan fingerprint density at radius 1 is 1.50 bits per heavy atom. The number of rotatable bonds is 1. The van der Waals surface area contributed by atoms with Crippen molar-refractivity contribution in [1.29, 1.82) is 0 Å². The Morgan fingerprint density at radius 3 is 2.17 bits per heavy atom. The molecule has 0 amide bonds. The summed E-state index contributed by atoms with van der Waals surface area (Å²) in [5.41, 5.74) is 0. The molecule has 1 rings (SSSR count). The molecule has 1 saturated heterocycles. The molecular formula is C3H6NO2. The third-order valence-corrected chi connectivity index (χ3v) is 0.920. The number of hydrogen-bond donors (Lipinski definition) is 0. The highest BCUT2D eigenvalue weighted by molar-refractivity contribution is 4.56. The van der Waals surface area contributed by atoms with Crippen LogP contribution in [0.5, 0.6) is 0 Å². The molecule has 1 heterocycles. The van der Waals surface area contributed by atoms with E-state index in [0.29, 0.717) is 0 Å². The van der Waals surface area contributed by atoms with Gasteiger partial charge in [0, 0.05) is 13.1 Å². The van der Waals surface area contributed by atoms with Gasteiger partial charge in [-0.15, -0.1) is 4.99 Å². The monoisotopic (exact) mass is 88.0 g/mol. The molecule has 1 fully saturated rings. The van der Waals surface area contributed by atoms with Gasteiger partial charge in [-0.3, -0.25) is 0 Å². The molecule has 0 aromatic carbocycles. The Labute approximate surface area is 36.0 Å². The summed E-state index contributed by atoms with van der Waals surface area (Å²) in [6, 6.07) is 0. The van der Waals surface area contributed by atoms with Crippen LogP contribution in [0.25, 0.3) is 0 Å². The minimum absolute atomic E-state index is 0.809. The highest BCUT2D eigenvalue weighted by atomic mass is 17.2. The van der Waals surface area contributed by atoms with Crippen LogP contribution in [-0.4, -0.2) is 18.2 Å². The van der Waals surface area contributed by atoms with E-state index in [9.17, 15) is 5.26 Å². The van der Waals surface area contributed by atoms with Gasteiger partial charge in [-0.1, -0.05) is 0 Å². The van der Waals surface area contributed by atoms with Gasteiger partial charge in [-0.2, -0.15) is 5.06 Å². The van der Waals surface area contributed by atoms with E-state index in [1.54, 1.807) is 0 Å². The zero-order valence-electron chi connectivity index (χ0n) is 3.39. The van der Waals surface area contributed by atoms with E-state index in [1.807, 2.05) is 0 Å². The summed E-state index contributed by atoms with van der Waals surface area (Å²) in [6.45, 7) is 1.62. The molecule has 0 spiro atoms. The maximum Gasteiger partial charge on any atom is 0.0285 e. The molecule has 0 bridgehead atoms. The topological polar surface area (TPSA) is 32.4 Å². The summed E-state index contributed by atoms with van der Waals surface area (Å²) in [4.78, 5) is 3.57. The molecule has 0 atom stereocenters. The third kappa shape index (κ3) is 0.518. The fraction of sp³-hybridized carbons (Fsp3) is 1.00. The van der Waals surface area contributed by atoms with Crippen molar-refractivity contribution in [2.45, 2.75) is 6.42 Å². The smallest absolute Gasteiger partial charge is 0.0285 e. The Morgan fingerprint density at radius 2 is 2.17 bits per heavy atom. The van der Waals surface area contributed by atoms with Crippen molar-refractivity contribution in [1.82, 2.24) is 5.06 Å². The van der Waals surface area contributed by atoms with Gasteiger partial charge in [-0.05, 0) is 11.7 Å². The summed E-state index contributed by atoms with van der Waals surface area (Å²) in [5, 5.41) is 10.7. The van der Waals surface area contributed by atoms with Crippen LogP contribution in [0.1, 0.15) is 6.42 Å². The zero-order chi connectivity index (χ0) is 4.41. The van der Waals surface area contributed by atoms with Crippen LogP contribution in [0.2, 0.25) is 0 Å². The lowest BCUT2D eigenvalue weighted by Gasteiger charge is -2.23. The van der Waals surface area contributed by atoms with Crippen LogP contribution < -0.4 is 0 Å². The summed E-state index contributed by atoms with van der Waals surface area (Å²) >= 11 is 0. The van der Waals surface area contributed by atoms with Gasteiger partial charge in [0.1, 0.15) is 0 Å². The zero-order valence-corrected chi connectivity index (χ0v) is 3.39. The van der Waals surface area contributed by atoms with Gasteiger partial charge in [0.05, 0.1) is 0 Å². The molecule has 0 N–H and O–H groups in total. The minimum atomic E-state index is 0.809. The van der Waals surface area contributed by atoms with Crippen LogP contribution >= 0.6 is 0 Å². The van der Waals surface area contributed by atoms with Gasteiger partial charge in [0.15, 0.2) is 0 Å². The summed E-state index contributed by atoms with van der Waals surface area (Å²) < 4.78 is 0. The highest BCUT2D eigenvalue weighted by Crippen LogP contribution is 2.02. The van der Waals surface area contributed by atoms with Crippen LogP contribution in [0, 0.1) is 0 Å². The van der Waals surface area contributed by atoms with E-state index < -0.39 is 0 Å². The Hall–Kier alpha value is -0.120. The van der Waals surface area contributed by atoms with E-state index in [1.165, 1.54) is 5.06 Å². The second-order valence-electron chi connectivity index (χ2n) is 1.36. The van der Waals surface area contributed by atoms with Crippen molar-refractivity contribution < 1.29 is 10.2 Å². The first-order chi connectivity index (χ1) is 2.93. The molecule has 3 nitrogen and oxygen atoms in total. The molecule has 3 heteroatoms. The Balaban J connectivity index is 2.01. The average molecular weight is 88.1 g/mol. The van der Waals surface area contributed by atoms with Gasteiger partial charge in [-0.25, -0.2) is 0 Å². The van der Waals surface area contributed by atoms with Crippen LogP contribution in [0.15, 0.2) is 0 Å². The van der Waals surface area contributed by atoms with Crippen molar-refractivity contribution in [3.8, 4) is 0 Å². The lowest BCUT2D eigenvalue weighted by Crippen LogP contribution is -2.35. The fourth-order valence-electron chi connectivity index (χ4n) is 0.362. The molecule has 1 aliphatic rings. The highest BCUT2D eigenvalue weighted by Gasteiger charge is 2.13. The SMILES string of the molecule is [O]ON1CCC1. The van der Waals surface area contributed by atoms with Crippen molar-refractivity contribution in [2.24, 2.45) is 0 Å². The second-order valence-corrected chi connectivity index (χ2v) is 1.36. The van der Waals surface area contributed by atoms with E-state index in [2.05, 4.69) is 4.99 Å². The molecule has 1 radical (unpaired) electrons. The Kier molecular flexibility index (Phi) is 1.05. The first-order valence-corrected chi connectivity index (χ1v) is 1.98. The number of hydroxylamine groups is 2. The standard InChI is InChI=1S/C3H6NO2/c5-6-4-2-1-3-4/h1-3H2. The molecule has 0 saturated carbocycles. The lowest BCUT2D eigenvalue weighted by atomic mass is 10.3. The van der Waals surface area contributed by atoms with Crippen LogP contribution in [0.4, 0.5) is 0 Å². The van der Waals surface area contributed by atoms with Gasteiger partial charge in [0.25, 0.3) is 0 Å². The fourth-order valence-corrected chi connectivity index (χ4v) is 0.362. The predicted molar refractivity (Wildman–Crippen MR) is 18.0 cm³/mol. The van der Waals surface area contributed by atoms with Crippen molar-refractivity contribution >= 4 is 0 Å². The first kappa shape index (κ1) is 4.05. The molecular weight excluding hydrogens is 82.0 g/mol. The number of hydrogen-bond acceptors (Lipinski definition) is 2. The predicted octanol–water partition coefficient (Wildman–Crippen LogP) is -0.0308. The van der Waals surface area contributed by atoms with Gasteiger partial charge < -0.3 is 0 Å². The molecule has 0 aromatic rings. The molecule has 0 aliphatic carbocycles. The molecule has 35 valence electrons. The van der Waals surface area contributed by atoms with E-state index in [-0.39, 0.29) is 0 Å². The summed E-state index contributed by atoms with van der Waals surface area (Å²) in [7, 11) is 0. The second kappa shape index (κ2) is 1.55. The van der Waals surface area contributed by atoms with Gasteiger partial charge in [0.2, 0.25) is 0 Å². The molecule has 0 unspecified atom stereocenters. The molecule has 6 heavy (non-hydrogen) atoms. The third-order valence-electron chi connectivity index (χ3n) is 0.920. The first-order valence-electron chi connectivity index (χ1n) is 1.98. The van der Waals surface area contributed by atoms with Crippen molar-refractivity contribution in [2.75, 3.05) is 13.1 Å². The van der Waals surface area contributed by atoms with Crippen molar-refractivity contribution in [3.05, 3.63) is 0 Å². The van der Waals surface area contributed by atoms with E-state index >= 15 is 0 Å². The lowest BCUT2D eigenvalue weighted by molar-refractivity contribution is -0.455. The van der Waals surface area contributed by atoms with Crippen molar-refractivity contribution in [3.63, 3.8) is 0 Å². The van der Waals surface area contributed by atoms with E-state index in [4.69, 9.17) is 0 Å².